The SMILES string of the molecule is O=C1Cn2cncc2CN1Cc1ccccc1. The molecule has 0 saturated heterocycles. The van der Waals surface area contributed by atoms with E-state index in [0.717, 1.165) is 11.3 Å². The summed E-state index contributed by atoms with van der Waals surface area (Å²) in [6, 6.07) is 10.1. The van der Waals surface area contributed by atoms with E-state index in [4.69, 9.17) is 0 Å². The van der Waals surface area contributed by atoms with Gasteiger partial charge in [-0.2, -0.15) is 0 Å². The number of fused-ring (bicyclic) bond motifs is 1. The van der Waals surface area contributed by atoms with Gasteiger partial charge in [-0.15, -0.1) is 0 Å². The zero-order chi connectivity index (χ0) is 11.7. The van der Waals surface area contributed by atoms with Crippen molar-refractivity contribution in [2.75, 3.05) is 0 Å². The van der Waals surface area contributed by atoms with Crippen LogP contribution in [0.5, 0.6) is 0 Å². The largest absolute Gasteiger partial charge is 0.331 e. The Bertz CT molecular complexity index is 533. The van der Waals surface area contributed by atoms with Gasteiger partial charge in [0.05, 0.1) is 18.6 Å². The topological polar surface area (TPSA) is 38.1 Å². The molecule has 0 atom stereocenters. The second kappa shape index (κ2) is 4.05. The molecule has 1 aromatic heterocycles. The Labute approximate surface area is 99.5 Å². The first kappa shape index (κ1) is 10.1. The number of hydrogen-bond donors (Lipinski definition) is 0. The van der Waals surface area contributed by atoms with Crippen LogP contribution in [0.2, 0.25) is 0 Å². The van der Waals surface area contributed by atoms with E-state index < -0.39 is 0 Å². The predicted molar refractivity (Wildman–Crippen MR) is 62.9 cm³/mol. The van der Waals surface area contributed by atoms with Gasteiger partial charge in [0.25, 0.3) is 0 Å². The van der Waals surface area contributed by atoms with Crippen LogP contribution in [0.3, 0.4) is 0 Å². The van der Waals surface area contributed by atoms with Crippen LogP contribution < -0.4 is 0 Å². The van der Waals surface area contributed by atoms with Gasteiger partial charge in [-0.25, -0.2) is 4.98 Å². The summed E-state index contributed by atoms with van der Waals surface area (Å²) in [5, 5.41) is 0. The number of aromatic nitrogens is 2. The minimum atomic E-state index is 0.152. The summed E-state index contributed by atoms with van der Waals surface area (Å²) in [5.74, 6) is 0.152. The third-order valence-corrected chi connectivity index (χ3v) is 3.03. The molecule has 86 valence electrons. The summed E-state index contributed by atoms with van der Waals surface area (Å²) in [4.78, 5) is 17.9. The molecule has 0 fully saturated rings. The second-order valence-electron chi connectivity index (χ2n) is 4.25. The Morgan fingerprint density at radius 2 is 2.00 bits per heavy atom. The van der Waals surface area contributed by atoms with Crippen LogP contribution in [0.15, 0.2) is 42.9 Å². The van der Waals surface area contributed by atoms with Gasteiger partial charge in [-0.1, -0.05) is 30.3 Å². The zero-order valence-corrected chi connectivity index (χ0v) is 9.41. The van der Waals surface area contributed by atoms with Crippen molar-refractivity contribution < 1.29 is 4.79 Å². The number of carbonyl (C=O) groups is 1. The third-order valence-electron chi connectivity index (χ3n) is 3.03. The van der Waals surface area contributed by atoms with E-state index in [0.29, 0.717) is 19.6 Å². The van der Waals surface area contributed by atoms with Gasteiger partial charge in [0.1, 0.15) is 6.54 Å². The van der Waals surface area contributed by atoms with Crippen molar-refractivity contribution in [1.82, 2.24) is 14.5 Å². The van der Waals surface area contributed by atoms with Crippen molar-refractivity contribution in [3.8, 4) is 0 Å². The average Bonchev–Trinajstić information content (AvgIpc) is 2.78. The minimum Gasteiger partial charge on any atom is -0.331 e. The fraction of sp³-hybridized carbons (Fsp3) is 0.231. The molecule has 1 aliphatic heterocycles. The molecule has 1 aliphatic rings. The molecule has 0 spiro atoms. The maximum atomic E-state index is 11.9. The lowest BCUT2D eigenvalue weighted by molar-refractivity contribution is -0.134. The molecule has 1 amide bonds. The Kier molecular flexibility index (Phi) is 2.40. The van der Waals surface area contributed by atoms with E-state index in [-0.39, 0.29) is 5.91 Å². The average molecular weight is 227 g/mol. The van der Waals surface area contributed by atoms with Crippen LogP contribution in [-0.2, 0) is 24.4 Å². The number of benzene rings is 1. The zero-order valence-electron chi connectivity index (χ0n) is 9.41. The molecule has 2 heterocycles. The highest BCUT2D eigenvalue weighted by Gasteiger charge is 2.22. The first-order valence-electron chi connectivity index (χ1n) is 5.63. The van der Waals surface area contributed by atoms with E-state index in [9.17, 15) is 4.79 Å². The molecule has 0 aliphatic carbocycles. The maximum Gasteiger partial charge on any atom is 0.243 e. The summed E-state index contributed by atoms with van der Waals surface area (Å²) in [6.45, 7) is 1.72. The van der Waals surface area contributed by atoms with Gasteiger partial charge in [-0.3, -0.25) is 4.79 Å². The van der Waals surface area contributed by atoms with Crippen LogP contribution in [0.4, 0.5) is 0 Å². The molecule has 0 radical (unpaired) electrons. The second-order valence-corrected chi connectivity index (χ2v) is 4.25. The van der Waals surface area contributed by atoms with Crippen molar-refractivity contribution >= 4 is 5.91 Å². The Balaban J connectivity index is 1.79. The molecule has 0 N–H and O–H groups in total. The standard InChI is InChI=1S/C13H13N3O/c17-13-9-16-10-14-6-12(16)8-15(13)7-11-4-2-1-3-5-11/h1-6,10H,7-9H2. The predicted octanol–water partition coefficient (Wildman–Crippen LogP) is 1.43. The molecule has 0 unspecified atom stereocenters. The van der Waals surface area contributed by atoms with Crippen molar-refractivity contribution in [3.63, 3.8) is 0 Å². The van der Waals surface area contributed by atoms with Crippen molar-refractivity contribution in [3.05, 3.63) is 54.1 Å². The lowest BCUT2D eigenvalue weighted by Crippen LogP contribution is -2.38. The fourth-order valence-corrected chi connectivity index (χ4v) is 2.10. The molecule has 1 aromatic carbocycles. The van der Waals surface area contributed by atoms with Gasteiger partial charge in [0.2, 0.25) is 5.91 Å². The van der Waals surface area contributed by atoms with Gasteiger partial charge in [-0.05, 0) is 5.56 Å². The third kappa shape index (κ3) is 1.93. The smallest absolute Gasteiger partial charge is 0.243 e. The summed E-state index contributed by atoms with van der Waals surface area (Å²) >= 11 is 0. The van der Waals surface area contributed by atoms with Crippen LogP contribution in [-0.4, -0.2) is 20.4 Å². The molecular formula is C13H13N3O. The molecule has 3 rings (SSSR count). The fourth-order valence-electron chi connectivity index (χ4n) is 2.10. The normalized spacial score (nSPS) is 14.8. The van der Waals surface area contributed by atoms with Crippen LogP contribution >= 0.6 is 0 Å². The summed E-state index contributed by atoms with van der Waals surface area (Å²) in [6.07, 6.45) is 3.54. The number of carbonyl (C=O) groups excluding carboxylic acids is 1. The number of nitrogens with zero attached hydrogens (tertiary/aromatic N) is 3. The molecule has 0 bridgehead atoms. The Morgan fingerprint density at radius 1 is 1.18 bits per heavy atom. The molecule has 4 heteroatoms. The van der Waals surface area contributed by atoms with E-state index >= 15 is 0 Å². The minimum absolute atomic E-state index is 0.152. The molecule has 17 heavy (non-hydrogen) atoms. The lowest BCUT2D eigenvalue weighted by Gasteiger charge is -2.28. The quantitative estimate of drug-likeness (QED) is 0.778. The summed E-state index contributed by atoms with van der Waals surface area (Å²) in [7, 11) is 0. The first-order valence-corrected chi connectivity index (χ1v) is 5.63. The highest BCUT2D eigenvalue weighted by atomic mass is 16.2. The first-order chi connectivity index (χ1) is 8.33. The van der Waals surface area contributed by atoms with E-state index in [2.05, 4.69) is 4.98 Å². The van der Waals surface area contributed by atoms with Gasteiger partial charge in [0, 0.05) is 12.7 Å². The van der Waals surface area contributed by atoms with Gasteiger partial charge < -0.3 is 9.47 Å². The summed E-state index contributed by atoms with van der Waals surface area (Å²) < 4.78 is 1.91. The van der Waals surface area contributed by atoms with Crippen molar-refractivity contribution in [2.45, 2.75) is 19.6 Å². The Hall–Kier alpha value is -2.10. The molecule has 4 nitrogen and oxygen atoms in total. The number of rotatable bonds is 2. The van der Waals surface area contributed by atoms with E-state index in [1.807, 2.05) is 46.0 Å². The number of imidazole rings is 1. The molecular weight excluding hydrogens is 214 g/mol. The van der Waals surface area contributed by atoms with Crippen LogP contribution in [0, 0.1) is 0 Å². The number of amides is 1. The summed E-state index contributed by atoms with van der Waals surface area (Å²) in [5.41, 5.74) is 2.26. The molecule has 2 aromatic rings. The van der Waals surface area contributed by atoms with Crippen molar-refractivity contribution in [1.29, 1.82) is 0 Å². The Morgan fingerprint density at radius 3 is 2.82 bits per heavy atom. The van der Waals surface area contributed by atoms with E-state index in [1.165, 1.54) is 0 Å². The van der Waals surface area contributed by atoms with Crippen LogP contribution in [0.1, 0.15) is 11.3 Å². The lowest BCUT2D eigenvalue weighted by atomic mass is 10.2. The van der Waals surface area contributed by atoms with E-state index in [1.54, 1.807) is 6.33 Å². The molecule has 0 saturated carbocycles. The highest BCUT2D eigenvalue weighted by molar-refractivity contribution is 5.77. The highest BCUT2D eigenvalue weighted by Crippen LogP contribution is 2.15. The van der Waals surface area contributed by atoms with Gasteiger partial charge >= 0.3 is 0 Å². The number of hydrogen-bond acceptors (Lipinski definition) is 2. The maximum absolute atomic E-state index is 11.9. The van der Waals surface area contributed by atoms with Gasteiger partial charge in [0.15, 0.2) is 0 Å². The van der Waals surface area contributed by atoms with Crippen LogP contribution in [0.25, 0.3) is 0 Å². The monoisotopic (exact) mass is 227 g/mol. The van der Waals surface area contributed by atoms with Crippen molar-refractivity contribution in [2.24, 2.45) is 0 Å².